The standard InChI is InChI=1S/C15H28O5/c1-6-15(13(4)16,11-12(2)3)14(17)20-10-9-19-8-7-18-5/h12H,6-11H2,1-5H3. The predicted octanol–water partition coefficient (Wildman–Crippen LogP) is 2.22. The van der Waals surface area contributed by atoms with Gasteiger partial charge in [0.1, 0.15) is 17.8 Å². The number of hydrogen-bond acceptors (Lipinski definition) is 5. The van der Waals surface area contributed by atoms with Gasteiger partial charge in [0.15, 0.2) is 0 Å². The molecule has 5 heteroatoms. The highest BCUT2D eigenvalue weighted by Crippen LogP contribution is 2.33. The van der Waals surface area contributed by atoms with Crippen molar-refractivity contribution in [2.75, 3.05) is 33.5 Å². The van der Waals surface area contributed by atoms with Gasteiger partial charge in [-0.05, 0) is 25.7 Å². The normalized spacial score (nSPS) is 14.1. The minimum Gasteiger partial charge on any atom is -0.462 e. The van der Waals surface area contributed by atoms with Crippen LogP contribution in [0.1, 0.15) is 40.5 Å². The highest BCUT2D eigenvalue weighted by molar-refractivity contribution is 6.02. The zero-order chi connectivity index (χ0) is 15.6. The van der Waals surface area contributed by atoms with Crippen LogP contribution in [0.3, 0.4) is 0 Å². The smallest absolute Gasteiger partial charge is 0.319 e. The second kappa shape index (κ2) is 9.88. The summed E-state index contributed by atoms with van der Waals surface area (Å²) < 4.78 is 15.3. The van der Waals surface area contributed by atoms with Gasteiger partial charge in [-0.2, -0.15) is 0 Å². The van der Waals surface area contributed by atoms with Gasteiger partial charge in [-0.15, -0.1) is 0 Å². The van der Waals surface area contributed by atoms with E-state index in [1.807, 2.05) is 20.8 Å². The van der Waals surface area contributed by atoms with Crippen molar-refractivity contribution in [2.24, 2.45) is 11.3 Å². The molecule has 0 aliphatic rings. The quantitative estimate of drug-likeness (QED) is 0.331. The maximum Gasteiger partial charge on any atom is 0.319 e. The molecule has 0 fully saturated rings. The van der Waals surface area contributed by atoms with Crippen LogP contribution in [-0.4, -0.2) is 45.3 Å². The number of carbonyl (C=O) groups is 2. The average molecular weight is 288 g/mol. The molecule has 1 unspecified atom stereocenters. The number of methoxy groups -OCH3 is 1. The summed E-state index contributed by atoms with van der Waals surface area (Å²) in [6.45, 7) is 8.74. The molecule has 0 aromatic carbocycles. The summed E-state index contributed by atoms with van der Waals surface area (Å²) in [5.74, 6) is -0.306. The topological polar surface area (TPSA) is 61.8 Å². The molecule has 1 atom stereocenters. The molecule has 0 N–H and O–H groups in total. The van der Waals surface area contributed by atoms with Gasteiger partial charge in [0.2, 0.25) is 0 Å². The monoisotopic (exact) mass is 288 g/mol. The van der Waals surface area contributed by atoms with Crippen LogP contribution in [0.25, 0.3) is 0 Å². The number of ether oxygens (including phenoxy) is 3. The third-order valence-electron chi connectivity index (χ3n) is 3.32. The Hall–Kier alpha value is -0.940. The Kier molecular flexibility index (Phi) is 9.42. The first kappa shape index (κ1) is 19.1. The summed E-state index contributed by atoms with van der Waals surface area (Å²) in [5.41, 5.74) is -1.01. The number of ketones is 1. The summed E-state index contributed by atoms with van der Waals surface area (Å²) in [5, 5.41) is 0. The van der Waals surface area contributed by atoms with Crippen molar-refractivity contribution in [1.82, 2.24) is 0 Å². The molecule has 0 saturated heterocycles. The number of Topliss-reactive ketones (excluding diaryl/α,β-unsaturated/α-hetero) is 1. The number of esters is 1. The molecular weight excluding hydrogens is 260 g/mol. The molecule has 0 saturated carbocycles. The van der Waals surface area contributed by atoms with Crippen LogP contribution in [0.5, 0.6) is 0 Å². The van der Waals surface area contributed by atoms with Crippen LogP contribution in [0.2, 0.25) is 0 Å². The molecule has 0 rings (SSSR count). The Labute approximate surface area is 122 Å². The first-order valence-electron chi connectivity index (χ1n) is 7.15. The first-order chi connectivity index (χ1) is 9.40. The summed E-state index contributed by atoms with van der Waals surface area (Å²) >= 11 is 0. The van der Waals surface area contributed by atoms with Crippen molar-refractivity contribution in [3.63, 3.8) is 0 Å². The molecule has 0 spiro atoms. The molecule has 20 heavy (non-hydrogen) atoms. The molecular formula is C15H28O5. The van der Waals surface area contributed by atoms with Crippen molar-refractivity contribution < 1.29 is 23.8 Å². The molecule has 0 aliphatic carbocycles. The number of hydrogen-bond donors (Lipinski definition) is 0. The van der Waals surface area contributed by atoms with Gasteiger partial charge in [-0.1, -0.05) is 20.8 Å². The summed E-state index contributed by atoms with van der Waals surface area (Å²) in [6, 6.07) is 0. The van der Waals surface area contributed by atoms with Gasteiger partial charge in [-0.25, -0.2) is 0 Å². The molecule has 118 valence electrons. The second-order valence-corrected chi connectivity index (χ2v) is 5.33. The van der Waals surface area contributed by atoms with E-state index in [0.29, 0.717) is 32.7 Å². The second-order valence-electron chi connectivity index (χ2n) is 5.33. The van der Waals surface area contributed by atoms with E-state index in [1.54, 1.807) is 7.11 Å². The van der Waals surface area contributed by atoms with E-state index in [2.05, 4.69) is 0 Å². The molecule has 0 aromatic heterocycles. The molecule has 5 nitrogen and oxygen atoms in total. The lowest BCUT2D eigenvalue weighted by atomic mass is 9.75. The van der Waals surface area contributed by atoms with E-state index >= 15 is 0 Å². The maximum atomic E-state index is 12.2. The van der Waals surface area contributed by atoms with Crippen molar-refractivity contribution in [1.29, 1.82) is 0 Å². The van der Waals surface area contributed by atoms with Gasteiger partial charge < -0.3 is 14.2 Å². The van der Waals surface area contributed by atoms with Gasteiger partial charge in [0, 0.05) is 7.11 Å². The number of carbonyl (C=O) groups excluding carboxylic acids is 2. The lowest BCUT2D eigenvalue weighted by Gasteiger charge is -2.29. The van der Waals surface area contributed by atoms with Crippen LogP contribution in [0.15, 0.2) is 0 Å². The molecule has 0 aliphatic heterocycles. The fraction of sp³-hybridized carbons (Fsp3) is 0.867. The van der Waals surface area contributed by atoms with Crippen LogP contribution in [0, 0.1) is 11.3 Å². The van der Waals surface area contributed by atoms with E-state index in [1.165, 1.54) is 6.92 Å². The predicted molar refractivity (Wildman–Crippen MR) is 76.5 cm³/mol. The third-order valence-corrected chi connectivity index (χ3v) is 3.32. The summed E-state index contributed by atoms with van der Waals surface area (Å²) in [6.07, 6.45) is 0.978. The Morgan fingerprint density at radius 1 is 1.10 bits per heavy atom. The Balaban J connectivity index is 4.39. The molecule has 0 amide bonds. The zero-order valence-corrected chi connectivity index (χ0v) is 13.4. The SMILES string of the molecule is CCC(CC(C)C)(C(C)=O)C(=O)OCCOCCOC. The Morgan fingerprint density at radius 2 is 1.70 bits per heavy atom. The van der Waals surface area contributed by atoms with Gasteiger partial charge in [0.25, 0.3) is 0 Å². The van der Waals surface area contributed by atoms with Crippen molar-refractivity contribution in [3.8, 4) is 0 Å². The Morgan fingerprint density at radius 3 is 2.15 bits per heavy atom. The van der Waals surface area contributed by atoms with Crippen molar-refractivity contribution >= 4 is 11.8 Å². The first-order valence-corrected chi connectivity index (χ1v) is 7.15. The van der Waals surface area contributed by atoms with Crippen LogP contribution in [0.4, 0.5) is 0 Å². The van der Waals surface area contributed by atoms with Crippen LogP contribution in [-0.2, 0) is 23.8 Å². The Bertz CT molecular complexity index is 301. The van der Waals surface area contributed by atoms with E-state index < -0.39 is 11.4 Å². The van der Waals surface area contributed by atoms with Crippen molar-refractivity contribution in [3.05, 3.63) is 0 Å². The lowest BCUT2D eigenvalue weighted by Crippen LogP contribution is -2.40. The minimum absolute atomic E-state index is 0.126. The fourth-order valence-corrected chi connectivity index (χ4v) is 2.18. The van der Waals surface area contributed by atoms with E-state index in [4.69, 9.17) is 14.2 Å². The van der Waals surface area contributed by atoms with Gasteiger partial charge in [0.05, 0.1) is 19.8 Å². The molecule has 0 heterocycles. The van der Waals surface area contributed by atoms with Gasteiger partial charge in [-0.3, -0.25) is 9.59 Å². The average Bonchev–Trinajstić information content (AvgIpc) is 2.39. The van der Waals surface area contributed by atoms with E-state index in [0.717, 1.165) is 0 Å². The van der Waals surface area contributed by atoms with E-state index in [9.17, 15) is 9.59 Å². The minimum atomic E-state index is -1.01. The van der Waals surface area contributed by atoms with Crippen molar-refractivity contribution in [2.45, 2.75) is 40.5 Å². The van der Waals surface area contributed by atoms with Gasteiger partial charge >= 0.3 is 5.97 Å². The highest BCUT2D eigenvalue weighted by Gasteiger charge is 2.43. The van der Waals surface area contributed by atoms with Crippen LogP contribution >= 0.6 is 0 Å². The lowest BCUT2D eigenvalue weighted by molar-refractivity contribution is -0.163. The molecule has 0 bridgehead atoms. The van der Waals surface area contributed by atoms with E-state index in [-0.39, 0.29) is 18.3 Å². The summed E-state index contributed by atoms with van der Waals surface area (Å²) in [4.78, 5) is 24.1. The summed E-state index contributed by atoms with van der Waals surface area (Å²) in [7, 11) is 1.60. The maximum absolute atomic E-state index is 12.2. The molecule has 0 aromatic rings. The van der Waals surface area contributed by atoms with Crippen LogP contribution < -0.4 is 0 Å². The number of rotatable bonds is 11. The third kappa shape index (κ3) is 6.01. The largest absolute Gasteiger partial charge is 0.462 e. The fourth-order valence-electron chi connectivity index (χ4n) is 2.18. The molecule has 0 radical (unpaired) electrons. The highest BCUT2D eigenvalue weighted by atomic mass is 16.6. The zero-order valence-electron chi connectivity index (χ0n) is 13.4.